The Labute approximate surface area is 146 Å². The van der Waals surface area contributed by atoms with E-state index in [1.165, 1.54) is 0 Å². The molecule has 1 aromatic carbocycles. The van der Waals surface area contributed by atoms with E-state index in [-0.39, 0.29) is 17.7 Å². The Morgan fingerprint density at radius 1 is 1.00 bits per heavy atom. The van der Waals surface area contributed by atoms with E-state index in [0.717, 1.165) is 0 Å². The topological polar surface area (TPSA) is 75.3 Å². The van der Waals surface area contributed by atoms with Crippen molar-refractivity contribution in [2.75, 3.05) is 5.32 Å². The number of carbonyl (C=O) groups excluding carboxylic acids is 3. The fraction of sp³-hybridized carbons (Fsp3) is 0.500. The van der Waals surface area contributed by atoms with Crippen LogP contribution in [0.25, 0.3) is 0 Å². The van der Waals surface area contributed by atoms with Gasteiger partial charge in [0.25, 0.3) is 0 Å². The van der Waals surface area contributed by atoms with E-state index >= 15 is 0 Å². The Hall–Kier alpha value is -1.88. The van der Waals surface area contributed by atoms with E-state index in [2.05, 4.69) is 10.6 Å². The summed E-state index contributed by atoms with van der Waals surface area (Å²) in [5, 5.41) is 5.95. The summed E-state index contributed by atoms with van der Waals surface area (Å²) < 4.78 is 0. The molecule has 1 saturated carbocycles. The number of imide groups is 1. The minimum absolute atomic E-state index is 0.176. The Bertz CT molecular complexity index is 702. The lowest BCUT2D eigenvalue weighted by atomic mass is 9.52. The summed E-state index contributed by atoms with van der Waals surface area (Å²) in [6, 6.07) is 6.87. The molecule has 5 nitrogen and oxygen atoms in total. The standard InChI is InChI=1S/C18H21ClN2O3/c1-16(13(22)20-12-6-4-11(19)5-7-12)8-17(2)10-18(3,9-16)15(24)21-14(17)23/h4-7H,8-10H2,1-3H3,(H,20,22)(H,21,23,24). The van der Waals surface area contributed by atoms with Gasteiger partial charge >= 0.3 is 0 Å². The number of anilines is 1. The molecule has 2 unspecified atom stereocenters. The second kappa shape index (κ2) is 5.31. The first-order valence-corrected chi connectivity index (χ1v) is 8.37. The maximum absolute atomic E-state index is 12.9. The van der Waals surface area contributed by atoms with Crippen LogP contribution in [0.1, 0.15) is 40.0 Å². The average Bonchev–Trinajstić information content (AvgIpc) is 2.47. The number of rotatable bonds is 2. The summed E-state index contributed by atoms with van der Waals surface area (Å²) in [7, 11) is 0. The highest BCUT2D eigenvalue weighted by molar-refractivity contribution is 6.30. The molecule has 3 amide bonds. The normalized spacial score (nSPS) is 35.3. The van der Waals surface area contributed by atoms with Crippen molar-refractivity contribution in [3.05, 3.63) is 29.3 Å². The molecule has 128 valence electrons. The van der Waals surface area contributed by atoms with Gasteiger partial charge in [0.1, 0.15) is 0 Å². The lowest BCUT2D eigenvalue weighted by Crippen LogP contribution is -2.63. The van der Waals surface area contributed by atoms with Gasteiger partial charge < -0.3 is 5.32 Å². The van der Waals surface area contributed by atoms with Crippen LogP contribution in [-0.2, 0) is 14.4 Å². The van der Waals surface area contributed by atoms with Gasteiger partial charge in [0.15, 0.2) is 0 Å². The van der Waals surface area contributed by atoms with E-state index < -0.39 is 16.2 Å². The van der Waals surface area contributed by atoms with Crippen LogP contribution in [0.5, 0.6) is 0 Å². The third-order valence-corrected chi connectivity index (χ3v) is 5.57. The van der Waals surface area contributed by atoms with E-state index in [1.807, 2.05) is 20.8 Å². The second-order valence-corrected chi connectivity index (χ2v) is 8.39. The van der Waals surface area contributed by atoms with Crippen molar-refractivity contribution < 1.29 is 14.4 Å². The van der Waals surface area contributed by atoms with Crippen LogP contribution in [0.15, 0.2) is 24.3 Å². The number of nitrogens with one attached hydrogen (secondary N) is 2. The third kappa shape index (κ3) is 2.71. The first kappa shape index (κ1) is 17.0. The van der Waals surface area contributed by atoms with Gasteiger partial charge in [-0.3, -0.25) is 19.7 Å². The van der Waals surface area contributed by atoms with Gasteiger partial charge in [0, 0.05) is 27.0 Å². The molecule has 0 radical (unpaired) electrons. The monoisotopic (exact) mass is 348 g/mol. The second-order valence-electron chi connectivity index (χ2n) is 7.96. The van der Waals surface area contributed by atoms with Crippen LogP contribution in [-0.4, -0.2) is 17.7 Å². The number of halogens is 1. The van der Waals surface area contributed by atoms with Crippen molar-refractivity contribution in [3.63, 3.8) is 0 Å². The molecule has 2 fully saturated rings. The Balaban J connectivity index is 1.89. The molecule has 2 aliphatic rings. The molecule has 1 aromatic rings. The molecule has 2 bridgehead atoms. The van der Waals surface area contributed by atoms with Gasteiger partial charge in [0.05, 0.1) is 0 Å². The number of benzene rings is 1. The Morgan fingerprint density at radius 3 is 2.00 bits per heavy atom. The van der Waals surface area contributed by atoms with Crippen molar-refractivity contribution in [2.24, 2.45) is 16.2 Å². The highest BCUT2D eigenvalue weighted by atomic mass is 35.5. The maximum atomic E-state index is 12.9. The molecule has 1 saturated heterocycles. The van der Waals surface area contributed by atoms with E-state index in [1.54, 1.807) is 24.3 Å². The van der Waals surface area contributed by atoms with Gasteiger partial charge in [-0.05, 0) is 43.5 Å². The van der Waals surface area contributed by atoms with Gasteiger partial charge in [0.2, 0.25) is 17.7 Å². The molecule has 6 heteroatoms. The summed E-state index contributed by atoms with van der Waals surface area (Å²) in [6.45, 7) is 5.50. The van der Waals surface area contributed by atoms with Gasteiger partial charge in [-0.1, -0.05) is 32.4 Å². The molecular weight excluding hydrogens is 328 g/mol. The lowest BCUT2D eigenvalue weighted by Gasteiger charge is -2.53. The highest BCUT2D eigenvalue weighted by Crippen LogP contribution is 2.56. The lowest BCUT2D eigenvalue weighted by molar-refractivity contribution is -0.163. The third-order valence-electron chi connectivity index (χ3n) is 5.31. The summed E-state index contributed by atoms with van der Waals surface area (Å²) in [6.07, 6.45) is 1.30. The zero-order valence-corrected chi connectivity index (χ0v) is 14.8. The number of piperidine rings is 1. The number of carbonyl (C=O) groups is 3. The van der Waals surface area contributed by atoms with Crippen LogP contribution in [0.4, 0.5) is 5.69 Å². The maximum Gasteiger partial charge on any atom is 0.232 e. The predicted molar refractivity (Wildman–Crippen MR) is 91.4 cm³/mol. The summed E-state index contributed by atoms with van der Waals surface area (Å²) >= 11 is 5.86. The fourth-order valence-electron chi connectivity index (χ4n) is 4.47. The smallest absolute Gasteiger partial charge is 0.232 e. The van der Waals surface area contributed by atoms with Crippen LogP contribution in [0.2, 0.25) is 5.02 Å². The molecule has 0 aromatic heterocycles. The molecule has 1 aliphatic carbocycles. The van der Waals surface area contributed by atoms with Crippen molar-refractivity contribution in [2.45, 2.75) is 40.0 Å². The number of amides is 3. The minimum Gasteiger partial charge on any atom is -0.326 e. The first-order valence-electron chi connectivity index (χ1n) is 7.99. The fourth-order valence-corrected chi connectivity index (χ4v) is 4.60. The van der Waals surface area contributed by atoms with Gasteiger partial charge in [-0.2, -0.15) is 0 Å². The molecule has 2 atom stereocenters. The molecule has 24 heavy (non-hydrogen) atoms. The Morgan fingerprint density at radius 2 is 1.50 bits per heavy atom. The molecule has 2 N–H and O–H groups in total. The molecule has 3 rings (SSSR count). The van der Waals surface area contributed by atoms with Crippen LogP contribution >= 0.6 is 11.6 Å². The van der Waals surface area contributed by atoms with E-state index in [4.69, 9.17) is 11.6 Å². The zero-order chi connectivity index (χ0) is 17.8. The number of fused-ring (bicyclic) bond motifs is 2. The number of hydrogen-bond acceptors (Lipinski definition) is 3. The molecule has 0 spiro atoms. The van der Waals surface area contributed by atoms with Crippen LogP contribution in [0.3, 0.4) is 0 Å². The Kier molecular flexibility index (Phi) is 3.75. The van der Waals surface area contributed by atoms with Crippen LogP contribution < -0.4 is 10.6 Å². The van der Waals surface area contributed by atoms with Crippen molar-refractivity contribution in [1.29, 1.82) is 0 Å². The average molecular weight is 349 g/mol. The molecular formula is C18H21ClN2O3. The summed E-state index contributed by atoms with van der Waals surface area (Å²) in [5.41, 5.74) is -1.58. The number of hydrogen-bond donors (Lipinski definition) is 2. The summed E-state index contributed by atoms with van der Waals surface area (Å²) in [5.74, 6) is -0.741. The molecule has 1 aliphatic heterocycles. The summed E-state index contributed by atoms with van der Waals surface area (Å²) in [4.78, 5) is 37.5. The minimum atomic E-state index is -0.797. The SMILES string of the molecule is CC12CC(C)(CC(C)(C(=O)Nc3ccc(Cl)cc3)C1)C(=O)NC2=O. The van der Waals surface area contributed by atoms with Crippen molar-refractivity contribution in [1.82, 2.24) is 5.32 Å². The first-order chi connectivity index (χ1) is 11.1. The van der Waals surface area contributed by atoms with Crippen LogP contribution in [0, 0.1) is 16.2 Å². The van der Waals surface area contributed by atoms with Crippen molar-refractivity contribution >= 4 is 35.0 Å². The molecule has 1 heterocycles. The largest absolute Gasteiger partial charge is 0.326 e. The zero-order valence-electron chi connectivity index (χ0n) is 14.0. The van der Waals surface area contributed by atoms with E-state index in [0.29, 0.717) is 30.0 Å². The highest BCUT2D eigenvalue weighted by Gasteiger charge is 2.60. The van der Waals surface area contributed by atoms with Gasteiger partial charge in [-0.25, -0.2) is 0 Å². The van der Waals surface area contributed by atoms with E-state index in [9.17, 15) is 14.4 Å². The predicted octanol–water partition coefficient (Wildman–Crippen LogP) is 3.14. The quantitative estimate of drug-likeness (QED) is 0.806. The van der Waals surface area contributed by atoms with Gasteiger partial charge in [-0.15, -0.1) is 0 Å². The van der Waals surface area contributed by atoms with Crippen molar-refractivity contribution in [3.8, 4) is 0 Å².